The molecule has 2 aromatic rings. The molecule has 0 aliphatic rings. The molecule has 0 aliphatic heterocycles. The van der Waals surface area contributed by atoms with Gasteiger partial charge in [0.25, 0.3) is 0 Å². The van der Waals surface area contributed by atoms with Crippen LogP contribution in [0, 0.1) is 0 Å². The highest BCUT2D eigenvalue weighted by molar-refractivity contribution is 7.93. The van der Waals surface area contributed by atoms with Crippen molar-refractivity contribution in [3.63, 3.8) is 0 Å². The summed E-state index contributed by atoms with van der Waals surface area (Å²) in [5, 5.41) is 0. The van der Waals surface area contributed by atoms with E-state index in [-0.39, 0.29) is 6.61 Å². The fourth-order valence-corrected chi connectivity index (χ4v) is 2.99. The first kappa shape index (κ1) is 16.2. The number of amides is 1. The largest absolute Gasteiger partial charge is 0.443 e. The minimum Gasteiger partial charge on any atom is -0.443 e. The number of rotatable bonds is 4. The number of nitrogens with zero attached hydrogens (tertiary/aromatic N) is 1. The van der Waals surface area contributed by atoms with Crippen molar-refractivity contribution in [1.82, 2.24) is 0 Å². The van der Waals surface area contributed by atoms with E-state index < -0.39 is 15.8 Å². The van der Waals surface area contributed by atoms with Gasteiger partial charge in [0.05, 0.1) is 9.73 Å². The van der Waals surface area contributed by atoms with Crippen molar-refractivity contribution in [2.24, 2.45) is 10.1 Å². The normalized spacial score (nSPS) is 13.2. The van der Waals surface area contributed by atoms with Crippen LogP contribution in [0.25, 0.3) is 0 Å². The second-order valence-corrected chi connectivity index (χ2v) is 7.04. The first-order chi connectivity index (χ1) is 10.5. The smallest absolute Gasteiger partial charge is 0.442 e. The van der Waals surface area contributed by atoms with E-state index in [0.717, 1.165) is 11.1 Å². The molecular formula is C16H18N2O3S. The van der Waals surface area contributed by atoms with E-state index in [9.17, 15) is 9.00 Å². The van der Waals surface area contributed by atoms with Crippen LogP contribution in [-0.2, 0) is 27.6 Å². The van der Waals surface area contributed by atoms with Crippen LogP contribution in [0.4, 0.5) is 4.79 Å². The molecule has 2 rings (SSSR count). The Morgan fingerprint density at radius 3 is 2.50 bits per heavy atom. The van der Waals surface area contributed by atoms with Crippen LogP contribution in [-0.4, -0.2) is 16.6 Å². The fraction of sp³-hybridized carbons (Fsp3) is 0.188. The first-order valence-electron chi connectivity index (χ1n) is 6.73. The topological polar surface area (TPSA) is 81.8 Å². The quantitative estimate of drug-likeness (QED) is 0.939. The third-order valence-electron chi connectivity index (χ3n) is 3.03. The monoisotopic (exact) mass is 318 g/mol. The molecule has 6 heteroatoms. The second kappa shape index (κ2) is 7.20. The summed E-state index contributed by atoms with van der Waals surface area (Å²) in [5.41, 5.74) is 7.24. The highest BCUT2D eigenvalue weighted by atomic mass is 32.2. The number of ether oxygens (including phenoxy) is 1. The summed E-state index contributed by atoms with van der Waals surface area (Å²) in [6.45, 7) is 0.434. The third-order valence-corrected chi connectivity index (χ3v) is 4.65. The summed E-state index contributed by atoms with van der Waals surface area (Å²) in [7, 11) is -2.85. The van der Waals surface area contributed by atoms with Gasteiger partial charge in [0.2, 0.25) is 0 Å². The van der Waals surface area contributed by atoms with Gasteiger partial charge in [-0.1, -0.05) is 42.5 Å². The highest BCUT2D eigenvalue weighted by Crippen LogP contribution is 2.14. The van der Waals surface area contributed by atoms with E-state index in [1.54, 1.807) is 18.2 Å². The zero-order chi connectivity index (χ0) is 16.0. The van der Waals surface area contributed by atoms with E-state index >= 15 is 0 Å². The number of carbonyl (C=O) groups is 1. The van der Waals surface area contributed by atoms with Gasteiger partial charge in [-0.25, -0.2) is 9.00 Å². The van der Waals surface area contributed by atoms with Crippen LogP contribution in [0.1, 0.15) is 11.1 Å². The zero-order valence-electron chi connectivity index (χ0n) is 12.3. The van der Waals surface area contributed by atoms with E-state index in [1.165, 1.54) is 6.26 Å². The Morgan fingerprint density at radius 2 is 1.82 bits per heavy atom. The molecule has 0 aromatic heterocycles. The van der Waals surface area contributed by atoms with Gasteiger partial charge in [-0.15, -0.1) is 4.36 Å². The van der Waals surface area contributed by atoms with Crippen molar-refractivity contribution in [1.29, 1.82) is 0 Å². The van der Waals surface area contributed by atoms with Gasteiger partial charge >= 0.3 is 6.09 Å². The minimum atomic E-state index is -2.85. The Bertz CT molecular complexity index is 766. The van der Waals surface area contributed by atoms with Gasteiger partial charge in [-0.2, -0.15) is 0 Å². The minimum absolute atomic E-state index is 0.0987. The number of nitrogens with two attached hydrogens (primary N) is 1. The van der Waals surface area contributed by atoms with Crippen LogP contribution >= 0.6 is 0 Å². The molecule has 2 aromatic carbocycles. The van der Waals surface area contributed by atoms with Crippen molar-refractivity contribution in [2.45, 2.75) is 18.0 Å². The molecule has 0 aliphatic carbocycles. The van der Waals surface area contributed by atoms with E-state index in [4.69, 9.17) is 10.5 Å². The SMILES string of the molecule is CS(=O)(=NC(=O)OCc1ccccc1)c1cccc(CN)c1. The Kier molecular flexibility index (Phi) is 5.30. The van der Waals surface area contributed by atoms with E-state index in [2.05, 4.69) is 4.36 Å². The molecule has 2 N–H and O–H groups in total. The van der Waals surface area contributed by atoms with Crippen molar-refractivity contribution in [3.8, 4) is 0 Å². The number of carbonyl (C=O) groups excluding carboxylic acids is 1. The molecule has 1 amide bonds. The molecule has 116 valence electrons. The molecule has 0 radical (unpaired) electrons. The predicted molar refractivity (Wildman–Crippen MR) is 85.7 cm³/mol. The van der Waals surface area contributed by atoms with E-state index in [0.29, 0.717) is 11.4 Å². The standard InChI is InChI=1S/C16H18N2O3S/c1-22(20,15-9-5-8-14(10-15)11-17)18-16(19)21-12-13-6-3-2-4-7-13/h2-10H,11-12,17H2,1H3. The molecule has 22 heavy (non-hydrogen) atoms. The lowest BCUT2D eigenvalue weighted by atomic mass is 10.2. The van der Waals surface area contributed by atoms with Gasteiger partial charge in [0, 0.05) is 17.7 Å². The third kappa shape index (κ3) is 4.41. The molecule has 5 nitrogen and oxygen atoms in total. The summed E-state index contributed by atoms with van der Waals surface area (Å²) < 4.78 is 21.3. The summed E-state index contributed by atoms with van der Waals surface area (Å²) >= 11 is 0. The maximum atomic E-state index is 12.6. The van der Waals surface area contributed by atoms with Gasteiger partial charge in [0.1, 0.15) is 6.61 Å². The van der Waals surface area contributed by atoms with Crippen molar-refractivity contribution < 1.29 is 13.7 Å². The second-order valence-electron chi connectivity index (χ2n) is 4.79. The fourth-order valence-electron chi connectivity index (χ4n) is 1.85. The number of benzene rings is 2. The maximum absolute atomic E-state index is 12.6. The molecule has 0 fully saturated rings. The molecule has 0 bridgehead atoms. The molecule has 1 atom stereocenters. The van der Waals surface area contributed by atoms with Crippen LogP contribution in [0.15, 0.2) is 63.9 Å². The summed E-state index contributed by atoms with van der Waals surface area (Å²) in [6, 6.07) is 16.2. The Hall–Kier alpha value is -2.18. The van der Waals surface area contributed by atoms with E-state index in [1.807, 2.05) is 36.4 Å². The average molecular weight is 318 g/mol. The molecule has 1 unspecified atom stereocenters. The van der Waals surface area contributed by atoms with Gasteiger partial charge in [-0.05, 0) is 23.3 Å². The average Bonchev–Trinajstić information content (AvgIpc) is 2.53. The Balaban J connectivity index is 2.12. The molecule has 0 spiro atoms. The zero-order valence-corrected chi connectivity index (χ0v) is 13.1. The van der Waals surface area contributed by atoms with Gasteiger partial charge < -0.3 is 10.5 Å². The van der Waals surface area contributed by atoms with Crippen LogP contribution < -0.4 is 5.73 Å². The van der Waals surface area contributed by atoms with Crippen molar-refractivity contribution >= 4 is 15.8 Å². The van der Waals surface area contributed by atoms with Crippen molar-refractivity contribution in [2.75, 3.05) is 6.26 Å². The lowest BCUT2D eigenvalue weighted by molar-refractivity contribution is 0.151. The molecule has 0 saturated heterocycles. The summed E-state index contributed by atoms with van der Waals surface area (Å²) in [6.07, 6.45) is 0.571. The van der Waals surface area contributed by atoms with Crippen LogP contribution in [0.5, 0.6) is 0 Å². The summed E-state index contributed by atoms with van der Waals surface area (Å²) in [4.78, 5) is 12.2. The Morgan fingerprint density at radius 1 is 1.14 bits per heavy atom. The predicted octanol–water partition coefficient (Wildman–Crippen LogP) is 2.94. The molecule has 0 saturated carbocycles. The summed E-state index contributed by atoms with van der Waals surface area (Å²) in [5.74, 6) is 0. The Labute approximate surface area is 130 Å². The van der Waals surface area contributed by atoms with Gasteiger partial charge in [-0.3, -0.25) is 0 Å². The lowest BCUT2D eigenvalue weighted by Crippen LogP contribution is -2.06. The highest BCUT2D eigenvalue weighted by Gasteiger charge is 2.11. The molecule has 0 heterocycles. The van der Waals surface area contributed by atoms with Gasteiger partial charge in [0.15, 0.2) is 0 Å². The van der Waals surface area contributed by atoms with Crippen molar-refractivity contribution in [3.05, 3.63) is 65.7 Å². The van der Waals surface area contributed by atoms with Crippen LogP contribution in [0.2, 0.25) is 0 Å². The molecular weight excluding hydrogens is 300 g/mol. The number of hydrogen-bond donors (Lipinski definition) is 1. The lowest BCUT2D eigenvalue weighted by Gasteiger charge is -2.06. The maximum Gasteiger partial charge on any atom is 0.442 e. The number of hydrogen-bond acceptors (Lipinski definition) is 4. The van der Waals surface area contributed by atoms with Crippen LogP contribution in [0.3, 0.4) is 0 Å². The first-order valence-corrected chi connectivity index (χ1v) is 8.65.